The fraction of sp³-hybridized carbons (Fsp3) is 0.375. The van der Waals surface area contributed by atoms with E-state index in [0.717, 1.165) is 10.0 Å². The number of ether oxygens (including phenoxy) is 1. The standard InChI is InChI=1S/C16H21BrN4O2/c1-10(2)23-14-6-12(17)5-13(7-14)20-16(22)15(18-3)11-8-19-21(4)9-11/h5-10,15,18H,1-4H3,(H,20,22). The van der Waals surface area contributed by atoms with Crippen LogP contribution in [0, 0.1) is 0 Å². The van der Waals surface area contributed by atoms with Gasteiger partial charge in [0.2, 0.25) is 5.91 Å². The number of benzene rings is 1. The van der Waals surface area contributed by atoms with Gasteiger partial charge in [0.15, 0.2) is 0 Å². The average Bonchev–Trinajstić information content (AvgIpc) is 2.84. The summed E-state index contributed by atoms with van der Waals surface area (Å²) in [6.45, 7) is 3.91. The highest BCUT2D eigenvalue weighted by Gasteiger charge is 2.20. The quantitative estimate of drug-likeness (QED) is 0.808. The molecule has 7 heteroatoms. The molecule has 0 saturated carbocycles. The van der Waals surface area contributed by atoms with Gasteiger partial charge in [-0.25, -0.2) is 0 Å². The van der Waals surface area contributed by atoms with E-state index in [-0.39, 0.29) is 12.0 Å². The Morgan fingerprint density at radius 2 is 2.09 bits per heavy atom. The third-order valence-electron chi connectivity index (χ3n) is 3.12. The third kappa shape index (κ3) is 4.80. The Hall–Kier alpha value is -1.86. The number of nitrogens with zero attached hydrogens (tertiary/aromatic N) is 2. The van der Waals surface area contributed by atoms with Crippen LogP contribution in [0.4, 0.5) is 5.69 Å². The van der Waals surface area contributed by atoms with Gasteiger partial charge in [-0.1, -0.05) is 15.9 Å². The van der Waals surface area contributed by atoms with Crippen molar-refractivity contribution in [2.75, 3.05) is 12.4 Å². The maximum atomic E-state index is 12.5. The molecule has 2 rings (SSSR count). The SMILES string of the molecule is CNC(C(=O)Nc1cc(Br)cc(OC(C)C)c1)c1cnn(C)c1. The number of aryl methyl sites for hydroxylation is 1. The number of hydrogen-bond donors (Lipinski definition) is 2. The molecular formula is C16H21BrN4O2. The van der Waals surface area contributed by atoms with Crippen molar-refractivity contribution >= 4 is 27.5 Å². The smallest absolute Gasteiger partial charge is 0.246 e. The minimum atomic E-state index is -0.475. The van der Waals surface area contributed by atoms with E-state index in [9.17, 15) is 4.79 Å². The first-order valence-corrected chi connectivity index (χ1v) is 8.12. The fourth-order valence-electron chi connectivity index (χ4n) is 2.23. The summed E-state index contributed by atoms with van der Waals surface area (Å²) in [5, 5.41) is 10.0. The summed E-state index contributed by atoms with van der Waals surface area (Å²) in [6, 6.07) is 5.03. The number of anilines is 1. The van der Waals surface area contributed by atoms with E-state index in [4.69, 9.17) is 4.74 Å². The molecule has 1 aromatic heterocycles. The molecule has 0 aliphatic heterocycles. The van der Waals surface area contributed by atoms with Gasteiger partial charge >= 0.3 is 0 Å². The molecule has 124 valence electrons. The topological polar surface area (TPSA) is 68.2 Å². The number of likely N-dealkylation sites (N-methyl/N-ethyl adjacent to an activating group) is 1. The van der Waals surface area contributed by atoms with E-state index in [1.165, 1.54) is 0 Å². The lowest BCUT2D eigenvalue weighted by atomic mass is 10.1. The first kappa shape index (κ1) is 17.5. The normalized spacial score (nSPS) is 12.3. The Morgan fingerprint density at radius 3 is 2.65 bits per heavy atom. The monoisotopic (exact) mass is 380 g/mol. The van der Waals surface area contributed by atoms with Gasteiger partial charge in [0.25, 0.3) is 0 Å². The summed E-state index contributed by atoms with van der Waals surface area (Å²) >= 11 is 3.43. The molecule has 1 amide bonds. The van der Waals surface area contributed by atoms with Crippen LogP contribution >= 0.6 is 15.9 Å². The van der Waals surface area contributed by atoms with Gasteiger partial charge in [-0.05, 0) is 33.0 Å². The molecule has 6 nitrogen and oxygen atoms in total. The van der Waals surface area contributed by atoms with E-state index in [0.29, 0.717) is 11.4 Å². The number of nitrogens with one attached hydrogen (secondary N) is 2. The number of rotatable bonds is 6. The largest absolute Gasteiger partial charge is 0.491 e. The Balaban J connectivity index is 2.16. The number of carbonyl (C=O) groups is 1. The third-order valence-corrected chi connectivity index (χ3v) is 3.58. The zero-order valence-corrected chi connectivity index (χ0v) is 15.2. The summed E-state index contributed by atoms with van der Waals surface area (Å²) in [4.78, 5) is 12.5. The van der Waals surface area contributed by atoms with E-state index >= 15 is 0 Å². The van der Waals surface area contributed by atoms with Gasteiger partial charge < -0.3 is 15.4 Å². The molecule has 23 heavy (non-hydrogen) atoms. The highest BCUT2D eigenvalue weighted by atomic mass is 79.9. The molecule has 2 N–H and O–H groups in total. The van der Waals surface area contributed by atoms with Gasteiger partial charge in [0.1, 0.15) is 11.8 Å². The molecule has 0 aliphatic carbocycles. The van der Waals surface area contributed by atoms with Crippen LogP contribution in [-0.2, 0) is 11.8 Å². The van der Waals surface area contributed by atoms with Crippen LogP contribution in [0.15, 0.2) is 35.1 Å². The molecule has 0 aliphatic rings. The molecule has 0 saturated heterocycles. The zero-order valence-electron chi connectivity index (χ0n) is 13.6. The van der Waals surface area contributed by atoms with Crippen LogP contribution in [0.2, 0.25) is 0 Å². The van der Waals surface area contributed by atoms with E-state index in [1.54, 1.807) is 24.0 Å². The Kier molecular flexibility index (Phi) is 5.79. The lowest BCUT2D eigenvalue weighted by Gasteiger charge is -2.16. The first-order valence-electron chi connectivity index (χ1n) is 7.33. The van der Waals surface area contributed by atoms with Crippen molar-refractivity contribution in [3.05, 3.63) is 40.6 Å². The van der Waals surface area contributed by atoms with Crippen molar-refractivity contribution in [3.8, 4) is 5.75 Å². The summed E-state index contributed by atoms with van der Waals surface area (Å²) in [5.74, 6) is 0.543. The van der Waals surface area contributed by atoms with E-state index < -0.39 is 6.04 Å². The second-order valence-electron chi connectivity index (χ2n) is 5.50. The van der Waals surface area contributed by atoms with Crippen LogP contribution in [-0.4, -0.2) is 28.8 Å². The van der Waals surface area contributed by atoms with Crippen LogP contribution in [0.5, 0.6) is 5.75 Å². The summed E-state index contributed by atoms with van der Waals surface area (Å²) in [7, 11) is 3.56. The van der Waals surface area contributed by atoms with Crippen molar-refractivity contribution in [2.45, 2.75) is 26.0 Å². The van der Waals surface area contributed by atoms with Gasteiger partial charge in [-0.3, -0.25) is 9.48 Å². The Morgan fingerprint density at radius 1 is 1.35 bits per heavy atom. The second-order valence-corrected chi connectivity index (χ2v) is 6.42. The predicted octanol–water partition coefficient (Wildman–Crippen LogP) is 2.87. The second kappa shape index (κ2) is 7.61. The van der Waals surface area contributed by atoms with Crippen molar-refractivity contribution in [2.24, 2.45) is 7.05 Å². The first-order chi connectivity index (χ1) is 10.9. The van der Waals surface area contributed by atoms with Gasteiger partial charge in [0.05, 0.1) is 12.3 Å². The Labute approximate surface area is 144 Å². The number of amides is 1. The molecular weight excluding hydrogens is 360 g/mol. The highest BCUT2D eigenvalue weighted by Crippen LogP contribution is 2.26. The van der Waals surface area contributed by atoms with Crippen LogP contribution in [0.1, 0.15) is 25.5 Å². The van der Waals surface area contributed by atoms with Crippen molar-refractivity contribution in [3.63, 3.8) is 0 Å². The lowest BCUT2D eigenvalue weighted by molar-refractivity contribution is -0.118. The Bertz CT molecular complexity index is 684. The van der Waals surface area contributed by atoms with Crippen LogP contribution in [0.25, 0.3) is 0 Å². The van der Waals surface area contributed by atoms with Gasteiger partial charge in [0, 0.05) is 35.0 Å². The average molecular weight is 381 g/mol. The molecule has 1 heterocycles. The summed E-state index contributed by atoms with van der Waals surface area (Å²) in [6.07, 6.45) is 3.55. The highest BCUT2D eigenvalue weighted by molar-refractivity contribution is 9.10. The minimum Gasteiger partial charge on any atom is -0.491 e. The van der Waals surface area contributed by atoms with Crippen molar-refractivity contribution < 1.29 is 9.53 Å². The molecule has 1 aromatic carbocycles. The zero-order chi connectivity index (χ0) is 17.0. The maximum absolute atomic E-state index is 12.5. The molecule has 0 fully saturated rings. The fourth-order valence-corrected chi connectivity index (χ4v) is 2.70. The summed E-state index contributed by atoms with van der Waals surface area (Å²) < 4.78 is 8.19. The summed E-state index contributed by atoms with van der Waals surface area (Å²) in [5.41, 5.74) is 1.48. The number of carbonyl (C=O) groups excluding carboxylic acids is 1. The van der Waals surface area contributed by atoms with E-state index in [1.807, 2.05) is 39.2 Å². The molecule has 1 unspecified atom stereocenters. The number of aromatic nitrogens is 2. The van der Waals surface area contributed by atoms with Crippen LogP contribution < -0.4 is 15.4 Å². The number of halogens is 1. The molecule has 2 aromatic rings. The van der Waals surface area contributed by atoms with Gasteiger partial charge in [-0.15, -0.1) is 0 Å². The van der Waals surface area contributed by atoms with Crippen molar-refractivity contribution in [1.29, 1.82) is 0 Å². The molecule has 0 spiro atoms. The molecule has 1 atom stereocenters. The minimum absolute atomic E-state index is 0.0632. The van der Waals surface area contributed by atoms with Crippen molar-refractivity contribution in [1.82, 2.24) is 15.1 Å². The van der Waals surface area contributed by atoms with Gasteiger partial charge in [-0.2, -0.15) is 5.10 Å². The lowest BCUT2D eigenvalue weighted by Crippen LogP contribution is -2.30. The van der Waals surface area contributed by atoms with E-state index in [2.05, 4.69) is 31.7 Å². The van der Waals surface area contributed by atoms with Crippen LogP contribution in [0.3, 0.4) is 0 Å². The molecule has 0 bridgehead atoms. The maximum Gasteiger partial charge on any atom is 0.246 e. The predicted molar refractivity (Wildman–Crippen MR) is 93.5 cm³/mol. The molecule has 0 radical (unpaired) electrons. The number of hydrogen-bond acceptors (Lipinski definition) is 4.